The number of aliphatic carboxylic acids is 1. The zero-order valence-electron chi connectivity index (χ0n) is 17.5. The number of aryl methyl sites for hydroxylation is 2. The maximum Gasteiger partial charge on any atom is 0.305 e. The van der Waals surface area contributed by atoms with Gasteiger partial charge in [0, 0.05) is 18.7 Å². The van der Waals surface area contributed by atoms with E-state index in [1.165, 1.54) is 0 Å². The maximum absolute atomic E-state index is 12.6. The second kappa shape index (κ2) is 9.53. The van der Waals surface area contributed by atoms with Gasteiger partial charge in [0.25, 0.3) is 0 Å². The van der Waals surface area contributed by atoms with Gasteiger partial charge in [-0.05, 0) is 49.8 Å². The summed E-state index contributed by atoms with van der Waals surface area (Å²) >= 11 is 0. The number of aromatic nitrogens is 2. The molecule has 0 spiro atoms. The molecule has 0 saturated heterocycles. The van der Waals surface area contributed by atoms with Crippen molar-refractivity contribution in [2.75, 3.05) is 0 Å². The van der Waals surface area contributed by atoms with Crippen molar-refractivity contribution in [2.24, 2.45) is 5.92 Å². The molecule has 2 aromatic rings. The van der Waals surface area contributed by atoms with E-state index in [1.807, 2.05) is 49.7 Å². The van der Waals surface area contributed by atoms with Crippen molar-refractivity contribution in [3.8, 4) is 0 Å². The van der Waals surface area contributed by atoms with Crippen LogP contribution in [0.1, 0.15) is 60.8 Å². The third-order valence-corrected chi connectivity index (χ3v) is 4.95. The average Bonchev–Trinajstić information content (AvgIpc) is 2.85. The van der Waals surface area contributed by atoms with Crippen LogP contribution in [0.3, 0.4) is 0 Å². The predicted octanol–water partition coefficient (Wildman–Crippen LogP) is 3.73. The molecular formula is C22H31N3O3. The van der Waals surface area contributed by atoms with Crippen LogP contribution in [0.2, 0.25) is 0 Å². The van der Waals surface area contributed by atoms with E-state index in [4.69, 9.17) is 0 Å². The molecule has 0 bridgehead atoms. The highest BCUT2D eigenvalue weighted by atomic mass is 16.4. The van der Waals surface area contributed by atoms with E-state index in [9.17, 15) is 14.7 Å². The molecule has 2 rings (SSSR count). The average molecular weight is 386 g/mol. The Balaban J connectivity index is 2.07. The van der Waals surface area contributed by atoms with Crippen LogP contribution >= 0.6 is 0 Å². The number of hydrogen-bond donors (Lipinski definition) is 2. The number of nitrogens with one attached hydrogen (secondary N) is 1. The molecule has 1 atom stereocenters. The molecule has 0 radical (unpaired) electrons. The first-order chi connectivity index (χ1) is 13.2. The van der Waals surface area contributed by atoms with E-state index in [1.54, 1.807) is 0 Å². The Morgan fingerprint density at radius 1 is 1.18 bits per heavy atom. The quantitative estimate of drug-likeness (QED) is 0.689. The number of carbonyl (C=O) groups is 2. The molecule has 0 aliphatic rings. The molecule has 0 aliphatic carbocycles. The van der Waals surface area contributed by atoms with Crippen molar-refractivity contribution in [3.05, 3.63) is 52.3 Å². The van der Waals surface area contributed by atoms with Crippen molar-refractivity contribution < 1.29 is 14.7 Å². The molecule has 1 aromatic heterocycles. The normalized spacial score (nSPS) is 12.2. The van der Waals surface area contributed by atoms with Crippen LogP contribution in [0.15, 0.2) is 24.3 Å². The topological polar surface area (TPSA) is 84.2 Å². The van der Waals surface area contributed by atoms with Crippen LogP contribution < -0.4 is 5.32 Å². The number of rotatable bonds is 9. The van der Waals surface area contributed by atoms with Gasteiger partial charge >= 0.3 is 5.97 Å². The van der Waals surface area contributed by atoms with Gasteiger partial charge in [0.2, 0.25) is 5.91 Å². The fourth-order valence-corrected chi connectivity index (χ4v) is 3.52. The number of amides is 1. The molecule has 1 heterocycles. The van der Waals surface area contributed by atoms with E-state index >= 15 is 0 Å². The van der Waals surface area contributed by atoms with Crippen LogP contribution in [0.25, 0.3) is 0 Å². The lowest BCUT2D eigenvalue weighted by atomic mass is 9.98. The van der Waals surface area contributed by atoms with Gasteiger partial charge in [0.15, 0.2) is 0 Å². The van der Waals surface area contributed by atoms with Crippen molar-refractivity contribution in [2.45, 2.75) is 66.5 Å². The summed E-state index contributed by atoms with van der Waals surface area (Å²) in [5, 5.41) is 16.7. The molecule has 1 unspecified atom stereocenters. The summed E-state index contributed by atoms with van der Waals surface area (Å²) in [5.41, 5.74) is 4.96. The largest absolute Gasteiger partial charge is 0.481 e. The summed E-state index contributed by atoms with van der Waals surface area (Å²) in [7, 11) is 0. The second-order valence-corrected chi connectivity index (χ2v) is 7.80. The highest BCUT2D eigenvalue weighted by Gasteiger charge is 2.20. The van der Waals surface area contributed by atoms with Gasteiger partial charge in [-0.3, -0.25) is 14.3 Å². The molecule has 0 saturated carbocycles. The molecule has 28 heavy (non-hydrogen) atoms. The van der Waals surface area contributed by atoms with Gasteiger partial charge in [0.05, 0.1) is 18.2 Å². The first-order valence-corrected chi connectivity index (χ1v) is 9.78. The minimum absolute atomic E-state index is 0.138. The van der Waals surface area contributed by atoms with Crippen LogP contribution in [-0.4, -0.2) is 26.8 Å². The third kappa shape index (κ3) is 5.68. The van der Waals surface area contributed by atoms with Crippen molar-refractivity contribution in [1.29, 1.82) is 0 Å². The molecule has 152 valence electrons. The Hall–Kier alpha value is -2.63. The summed E-state index contributed by atoms with van der Waals surface area (Å²) in [6.45, 7) is 11.1. The van der Waals surface area contributed by atoms with Crippen LogP contribution in [0.5, 0.6) is 0 Å². The molecule has 6 heteroatoms. The summed E-state index contributed by atoms with van der Waals surface area (Å²) in [6, 6.07) is 7.02. The fourth-order valence-electron chi connectivity index (χ4n) is 3.52. The number of nitrogens with zero attached hydrogens (tertiary/aromatic N) is 2. The van der Waals surface area contributed by atoms with Gasteiger partial charge in [-0.25, -0.2) is 0 Å². The summed E-state index contributed by atoms with van der Waals surface area (Å²) in [4.78, 5) is 23.8. The number of hydrogen-bond acceptors (Lipinski definition) is 3. The minimum atomic E-state index is -0.935. The van der Waals surface area contributed by atoms with E-state index in [0.29, 0.717) is 18.8 Å². The lowest BCUT2D eigenvalue weighted by Gasteiger charge is -2.19. The number of carbonyl (C=O) groups excluding carboxylic acids is 1. The molecule has 0 aliphatic heterocycles. The Labute approximate surface area is 167 Å². The Bertz CT molecular complexity index is 840. The smallest absolute Gasteiger partial charge is 0.305 e. The lowest BCUT2D eigenvalue weighted by Crippen LogP contribution is -2.30. The summed E-state index contributed by atoms with van der Waals surface area (Å²) < 4.78 is 2.01. The van der Waals surface area contributed by atoms with Gasteiger partial charge < -0.3 is 10.4 Å². The summed E-state index contributed by atoms with van der Waals surface area (Å²) in [6.07, 6.45) is 0.757. The highest BCUT2D eigenvalue weighted by molar-refractivity contribution is 5.78. The second-order valence-electron chi connectivity index (χ2n) is 7.80. The predicted molar refractivity (Wildman–Crippen MR) is 109 cm³/mol. The summed E-state index contributed by atoms with van der Waals surface area (Å²) in [5.74, 6) is -0.583. The first-order valence-electron chi connectivity index (χ1n) is 9.78. The van der Waals surface area contributed by atoms with E-state index in [-0.39, 0.29) is 12.3 Å². The molecular weight excluding hydrogens is 354 g/mol. The minimum Gasteiger partial charge on any atom is -0.481 e. The Morgan fingerprint density at radius 2 is 1.86 bits per heavy atom. The highest BCUT2D eigenvalue weighted by Crippen LogP contribution is 2.22. The van der Waals surface area contributed by atoms with E-state index in [0.717, 1.165) is 34.6 Å². The van der Waals surface area contributed by atoms with Gasteiger partial charge in [-0.15, -0.1) is 0 Å². The molecule has 0 fully saturated rings. The van der Waals surface area contributed by atoms with Crippen LogP contribution in [0, 0.1) is 26.7 Å². The maximum atomic E-state index is 12.6. The number of benzene rings is 1. The molecule has 1 aromatic carbocycles. The number of carboxylic acid groups (broad SMARTS) is 1. The van der Waals surface area contributed by atoms with Crippen molar-refractivity contribution in [1.82, 2.24) is 15.1 Å². The third-order valence-electron chi connectivity index (χ3n) is 4.95. The number of carboxylic acids is 1. The Kier molecular flexibility index (Phi) is 7.38. The van der Waals surface area contributed by atoms with Crippen molar-refractivity contribution in [3.63, 3.8) is 0 Å². The molecule has 2 N–H and O–H groups in total. The van der Waals surface area contributed by atoms with E-state index < -0.39 is 12.0 Å². The van der Waals surface area contributed by atoms with Crippen LogP contribution in [0.4, 0.5) is 0 Å². The fraction of sp³-hybridized carbons (Fsp3) is 0.500. The standard InChI is InChI=1S/C22H31N3O3/c1-14(2)13-25-17(5)19(16(4)24-25)10-11-21(26)23-20(12-22(27)28)18-9-7-6-8-15(18)3/h6-9,14,20H,10-13H2,1-5H3,(H,23,26)(H,27,28). The van der Waals surface area contributed by atoms with Crippen molar-refractivity contribution >= 4 is 11.9 Å². The van der Waals surface area contributed by atoms with Gasteiger partial charge in [-0.2, -0.15) is 5.10 Å². The zero-order chi connectivity index (χ0) is 20.8. The molecule has 6 nitrogen and oxygen atoms in total. The SMILES string of the molecule is Cc1ccccc1C(CC(=O)O)NC(=O)CCc1c(C)nn(CC(C)C)c1C. The first kappa shape index (κ1) is 21.7. The van der Waals surface area contributed by atoms with Gasteiger partial charge in [0.1, 0.15) is 0 Å². The Morgan fingerprint density at radius 3 is 2.46 bits per heavy atom. The lowest BCUT2D eigenvalue weighted by molar-refractivity contribution is -0.137. The van der Waals surface area contributed by atoms with Gasteiger partial charge in [-0.1, -0.05) is 38.1 Å². The zero-order valence-corrected chi connectivity index (χ0v) is 17.5. The molecule has 1 amide bonds. The monoisotopic (exact) mass is 385 g/mol. The van der Waals surface area contributed by atoms with Crippen LogP contribution in [-0.2, 0) is 22.6 Å². The van der Waals surface area contributed by atoms with E-state index in [2.05, 4.69) is 24.3 Å².